The van der Waals surface area contributed by atoms with E-state index >= 15 is 0 Å². The minimum absolute atomic E-state index is 0.0864. The molecule has 0 bridgehead atoms. The van der Waals surface area contributed by atoms with Crippen molar-refractivity contribution in [3.05, 3.63) is 11.9 Å². The molecule has 0 aliphatic rings. The van der Waals surface area contributed by atoms with Crippen molar-refractivity contribution in [2.45, 2.75) is 32.7 Å². The molecule has 13 heavy (non-hydrogen) atoms. The molecule has 72 valence electrons. The smallest absolute Gasteiger partial charge is 0.305 e. The normalized spacial score (nSPS) is 10.7. The number of aromatic nitrogens is 3. The van der Waals surface area contributed by atoms with E-state index in [0.717, 1.165) is 5.69 Å². The fraction of sp³-hybridized carbons (Fsp3) is 0.625. The van der Waals surface area contributed by atoms with Crippen LogP contribution in [0, 0.1) is 0 Å². The van der Waals surface area contributed by atoms with Gasteiger partial charge in [0.1, 0.15) is 0 Å². The molecule has 0 atom stereocenters. The van der Waals surface area contributed by atoms with E-state index in [0.29, 0.717) is 12.5 Å². The average Bonchev–Trinajstić information content (AvgIpc) is 2.47. The van der Waals surface area contributed by atoms with E-state index in [-0.39, 0.29) is 6.42 Å². The maximum Gasteiger partial charge on any atom is 0.305 e. The predicted octanol–water partition coefficient (Wildman–Crippen LogP) is 0.876. The van der Waals surface area contributed by atoms with E-state index in [1.165, 1.54) is 0 Å². The van der Waals surface area contributed by atoms with Crippen LogP contribution in [0.2, 0.25) is 0 Å². The summed E-state index contributed by atoms with van der Waals surface area (Å²) >= 11 is 0. The average molecular weight is 183 g/mol. The fourth-order valence-electron chi connectivity index (χ4n) is 1.09. The summed E-state index contributed by atoms with van der Waals surface area (Å²) in [5.41, 5.74) is 0.973. The van der Waals surface area contributed by atoms with Gasteiger partial charge in [0.05, 0.1) is 24.9 Å². The fourth-order valence-corrected chi connectivity index (χ4v) is 1.09. The molecule has 0 saturated carbocycles. The maximum absolute atomic E-state index is 10.3. The second kappa shape index (κ2) is 4.02. The highest BCUT2D eigenvalue weighted by Gasteiger charge is 2.08. The van der Waals surface area contributed by atoms with Crippen LogP contribution >= 0.6 is 0 Å². The SMILES string of the molecule is CC(C)c1cnnn1CCC(=O)O. The van der Waals surface area contributed by atoms with Crippen molar-refractivity contribution in [1.82, 2.24) is 15.0 Å². The Labute approximate surface area is 76.4 Å². The van der Waals surface area contributed by atoms with Crippen molar-refractivity contribution < 1.29 is 9.90 Å². The van der Waals surface area contributed by atoms with Gasteiger partial charge in [-0.05, 0) is 5.92 Å². The number of rotatable bonds is 4. The topological polar surface area (TPSA) is 68.0 Å². The van der Waals surface area contributed by atoms with E-state index in [1.807, 2.05) is 13.8 Å². The van der Waals surface area contributed by atoms with Gasteiger partial charge in [-0.2, -0.15) is 0 Å². The Kier molecular flexibility index (Phi) is 3.00. The molecule has 1 aromatic heterocycles. The van der Waals surface area contributed by atoms with Crippen LogP contribution in [0.4, 0.5) is 0 Å². The number of nitrogens with zero attached hydrogens (tertiary/aromatic N) is 3. The van der Waals surface area contributed by atoms with E-state index in [9.17, 15) is 4.79 Å². The third-order valence-corrected chi connectivity index (χ3v) is 1.78. The molecule has 0 saturated heterocycles. The summed E-state index contributed by atoms with van der Waals surface area (Å²) in [4.78, 5) is 10.3. The number of aliphatic carboxylic acids is 1. The Morgan fingerprint density at radius 3 is 2.92 bits per heavy atom. The standard InChI is InChI=1S/C8H13N3O2/c1-6(2)7-5-9-10-11(7)4-3-8(12)13/h5-6H,3-4H2,1-2H3,(H,12,13). The third-order valence-electron chi connectivity index (χ3n) is 1.78. The third kappa shape index (κ3) is 2.54. The Balaban J connectivity index is 2.65. The van der Waals surface area contributed by atoms with Gasteiger partial charge in [0.15, 0.2) is 0 Å². The van der Waals surface area contributed by atoms with Gasteiger partial charge in [0.25, 0.3) is 0 Å². The molecule has 5 nitrogen and oxygen atoms in total. The van der Waals surface area contributed by atoms with Gasteiger partial charge in [-0.1, -0.05) is 19.1 Å². The number of aryl methyl sites for hydroxylation is 1. The summed E-state index contributed by atoms with van der Waals surface area (Å²) in [5, 5.41) is 16.0. The first kappa shape index (κ1) is 9.70. The lowest BCUT2D eigenvalue weighted by molar-refractivity contribution is -0.137. The molecule has 1 heterocycles. The largest absolute Gasteiger partial charge is 0.481 e. The summed E-state index contributed by atoms with van der Waals surface area (Å²) in [6, 6.07) is 0. The van der Waals surface area contributed by atoms with E-state index in [4.69, 9.17) is 5.11 Å². The molecule has 1 rings (SSSR count). The highest BCUT2D eigenvalue weighted by molar-refractivity contribution is 5.66. The van der Waals surface area contributed by atoms with Crippen LogP contribution in [0.3, 0.4) is 0 Å². The van der Waals surface area contributed by atoms with Gasteiger partial charge in [-0.25, -0.2) is 4.68 Å². The Bertz CT molecular complexity index is 293. The van der Waals surface area contributed by atoms with Gasteiger partial charge in [-0.15, -0.1) is 5.10 Å². The van der Waals surface area contributed by atoms with Crippen molar-refractivity contribution in [3.63, 3.8) is 0 Å². The van der Waals surface area contributed by atoms with Crippen molar-refractivity contribution in [2.75, 3.05) is 0 Å². The van der Waals surface area contributed by atoms with Crippen LogP contribution in [-0.2, 0) is 11.3 Å². The number of carbonyl (C=O) groups is 1. The van der Waals surface area contributed by atoms with Gasteiger partial charge in [0, 0.05) is 0 Å². The van der Waals surface area contributed by atoms with E-state index in [1.54, 1.807) is 10.9 Å². The molecule has 5 heteroatoms. The van der Waals surface area contributed by atoms with Crippen molar-refractivity contribution >= 4 is 5.97 Å². The monoisotopic (exact) mass is 183 g/mol. The van der Waals surface area contributed by atoms with Crippen LogP contribution in [-0.4, -0.2) is 26.1 Å². The Morgan fingerprint density at radius 2 is 2.38 bits per heavy atom. The van der Waals surface area contributed by atoms with Gasteiger partial charge in [-0.3, -0.25) is 4.79 Å². The highest BCUT2D eigenvalue weighted by Crippen LogP contribution is 2.11. The first-order valence-electron chi connectivity index (χ1n) is 4.21. The first-order chi connectivity index (χ1) is 6.11. The summed E-state index contributed by atoms with van der Waals surface area (Å²) in [6.07, 6.45) is 1.76. The molecule has 0 aromatic carbocycles. The van der Waals surface area contributed by atoms with Crippen LogP contribution in [0.15, 0.2) is 6.20 Å². The summed E-state index contributed by atoms with van der Waals surface area (Å²) in [7, 11) is 0. The summed E-state index contributed by atoms with van der Waals surface area (Å²) < 4.78 is 1.64. The lowest BCUT2D eigenvalue weighted by Crippen LogP contribution is -2.10. The molecule has 0 unspecified atom stereocenters. The Hall–Kier alpha value is -1.39. The quantitative estimate of drug-likeness (QED) is 0.752. The first-order valence-corrected chi connectivity index (χ1v) is 4.21. The molecule has 1 N–H and O–H groups in total. The highest BCUT2D eigenvalue weighted by atomic mass is 16.4. The molecule has 0 aliphatic carbocycles. The molecule has 0 fully saturated rings. The minimum atomic E-state index is -0.815. The summed E-state index contributed by atoms with van der Waals surface area (Å²) in [5.74, 6) is -0.492. The lowest BCUT2D eigenvalue weighted by Gasteiger charge is -2.06. The van der Waals surface area contributed by atoms with Crippen molar-refractivity contribution in [1.29, 1.82) is 0 Å². The minimum Gasteiger partial charge on any atom is -0.481 e. The zero-order valence-corrected chi connectivity index (χ0v) is 7.77. The molecular weight excluding hydrogens is 170 g/mol. The molecule has 0 amide bonds. The van der Waals surface area contributed by atoms with Crippen LogP contribution < -0.4 is 0 Å². The molecule has 0 aliphatic heterocycles. The molecule has 1 aromatic rings. The van der Waals surface area contributed by atoms with Crippen LogP contribution in [0.25, 0.3) is 0 Å². The number of hydrogen-bond acceptors (Lipinski definition) is 3. The van der Waals surface area contributed by atoms with E-state index in [2.05, 4.69) is 10.3 Å². The predicted molar refractivity (Wildman–Crippen MR) is 46.4 cm³/mol. The second-order valence-corrected chi connectivity index (χ2v) is 3.18. The molecular formula is C8H13N3O2. The lowest BCUT2D eigenvalue weighted by atomic mass is 10.1. The van der Waals surface area contributed by atoms with Gasteiger partial charge >= 0.3 is 5.97 Å². The van der Waals surface area contributed by atoms with Crippen molar-refractivity contribution in [3.8, 4) is 0 Å². The second-order valence-electron chi connectivity index (χ2n) is 3.18. The number of carboxylic acid groups (broad SMARTS) is 1. The zero-order chi connectivity index (χ0) is 9.84. The maximum atomic E-state index is 10.3. The Morgan fingerprint density at radius 1 is 1.69 bits per heavy atom. The van der Waals surface area contributed by atoms with E-state index < -0.39 is 5.97 Å². The van der Waals surface area contributed by atoms with Gasteiger partial charge < -0.3 is 5.11 Å². The summed E-state index contributed by atoms with van der Waals surface area (Å²) in [6.45, 7) is 4.44. The zero-order valence-electron chi connectivity index (χ0n) is 7.77. The van der Waals surface area contributed by atoms with Crippen LogP contribution in [0.5, 0.6) is 0 Å². The molecule has 0 spiro atoms. The number of carboxylic acids is 1. The number of hydrogen-bond donors (Lipinski definition) is 1. The van der Waals surface area contributed by atoms with Crippen LogP contribution in [0.1, 0.15) is 31.9 Å². The molecule has 0 radical (unpaired) electrons. The van der Waals surface area contributed by atoms with Gasteiger partial charge in [0.2, 0.25) is 0 Å². The van der Waals surface area contributed by atoms with Crippen molar-refractivity contribution in [2.24, 2.45) is 0 Å².